The predicted octanol–water partition coefficient (Wildman–Crippen LogP) is 6.10. The number of nitrogens with zero attached hydrogens (tertiary/aromatic N) is 1. The van der Waals surface area contributed by atoms with Crippen LogP contribution in [0.4, 0.5) is 0 Å². The molecule has 2 aliphatic rings. The maximum Gasteiger partial charge on any atom is 0.320 e. The minimum Gasteiger partial charge on any atom is -0.461 e. The van der Waals surface area contributed by atoms with Gasteiger partial charge >= 0.3 is 5.97 Å². The van der Waals surface area contributed by atoms with Crippen molar-refractivity contribution in [3.8, 4) is 0 Å². The Balaban J connectivity index is 1.88. The lowest BCUT2D eigenvalue weighted by Gasteiger charge is -2.56. The molecule has 0 amide bonds. The number of ketones is 1. The topological polar surface area (TPSA) is 66.8 Å². The molecule has 7 atom stereocenters. The third-order valence-corrected chi connectivity index (χ3v) is 10.3. The second-order valence-electron chi connectivity index (χ2n) is 11.7. The van der Waals surface area contributed by atoms with Crippen LogP contribution in [0.1, 0.15) is 71.4 Å². The Bertz CT molecular complexity index is 980. The minimum absolute atomic E-state index is 0.0756. The summed E-state index contributed by atoms with van der Waals surface area (Å²) in [7, 11) is 0. The molecule has 0 radical (unpaired) electrons. The standard InChI is InChI=1S/C30H44BrNO4/c1-8-29(6)16-26(30(7)20(4)11-13-23(15-25(29)34)28(30)21(5)33)36-27(35)18-32(9-2)17-22-12-10-19(3)24(31)14-22/h8,10,12,14,20,23,25-26,28,34H,1,9,11,13,15-18H2,2-7H3/t20?,23?,25-,26+,28?,29+,30-/m0/s1. The van der Waals surface area contributed by atoms with Crippen LogP contribution in [0, 0.1) is 35.5 Å². The number of Topliss-reactive ketones (excluding diaryl/α,β-unsaturated/α-hetero) is 1. The van der Waals surface area contributed by atoms with E-state index in [1.165, 1.54) is 5.56 Å². The van der Waals surface area contributed by atoms with E-state index in [0.717, 1.165) is 22.9 Å². The number of esters is 1. The first kappa shape index (κ1) is 29.1. The molecule has 1 aromatic carbocycles. The van der Waals surface area contributed by atoms with E-state index in [2.05, 4.69) is 66.4 Å². The van der Waals surface area contributed by atoms with Gasteiger partial charge in [0, 0.05) is 27.8 Å². The number of hydrogen-bond acceptors (Lipinski definition) is 5. The van der Waals surface area contributed by atoms with E-state index in [4.69, 9.17) is 4.74 Å². The Kier molecular flexibility index (Phi) is 9.27. The average Bonchev–Trinajstić information content (AvgIpc) is 2.81. The fourth-order valence-electron chi connectivity index (χ4n) is 6.65. The van der Waals surface area contributed by atoms with Gasteiger partial charge in [0.2, 0.25) is 0 Å². The predicted molar refractivity (Wildman–Crippen MR) is 147 cm³/mol. The number of aryl methyl sites for hydroxylation is 1. The summed E-state index contributed by atoms with van der Waals surface area (Å²) < 4.78 is 7.38. The monoisotopic (exact) mass is 561 g/mol. The van der Waals surface area contributed by atoms with Crippen molar-refractivity contribution in [2.75, 3.05) is 13.1 Å². The lowest BCUT2D eigenvalue weighted by atomic mass is 9.50. The summed E-state index contributed by atoms with van der Waals surface area (Å²) >= 11 is 3.60. The summed E-state index contributed by atoms with van der Waals surface area (Å²) in [6.45, 7) is 17.6. The number of aliphatic hydroxyl groups is 1. The van der Waals surface area contributed by atoms with Crippen molar-refractivity contribution in [1.29, 1.82) is 0 Å². The van der Waals surface area contributed by atoms with Gasteiger partial charge in [-0.15, -0.1) is 6.58 Å². The molecule has 0 saturated heterocycles. The summed E-state index contributed by atoms with van der Waals surface area (Å²) in [6.07, 6.45) is 3.59. The first-order valence-electron chi connectivity index (χ1n) is 13.3. The maximum atomic E-state index is 13.4. The highest BCUT2D eigenvalue weighted by Gasteiger charge is 2.58. The van der Waals surface area contributed by atoms with Crippen LogP contribution in [-0.2, 0) is 20.9 Å². The molecule has 36 heavy (non-hydrogen) atoms. The largest absolute Gasteiger partial charge is 0.461 e. The van der Waals surface area contributed by atoms with Gasteiger partial charge in [-0.25, -0.2) is 0 Å². The molecule has 1 aromatic rings. The normalized spacial score (nSPS) is 34.5. The second-order valence-corrected chi connectivity index (χ2v) is 12.6. The molecule has 6 heteroatoms. The van der Waals surface area contributed by atoms with Crippen LogP contribution in [0.5, 0.6) is 0 Å². The Hall–Kier alpha value is -1.50. The van der Waals surface area contributed by atoms with Gasteiger partial charge in [0.1, 0.15) is 11.9 Å². The Labute approximate surface area is 225 Å². The molecule has 0 heterocycles. The maximum absolute atomic E-state index is 13.4. The van der Waals surface area contributed by atoms with Crippen molar-refractivity contribution in [1.82, 2.24) is 4.90 Å². The molecule has 3 unspecified atom stereocenters. The Morgan fingerprint density at radius 1 is 1.31 bits per heavy atom. The number of fused-ring (bicyclic) bond motifs is 2. The molecule has 3 rings (SSSR count). The zero-order chi connectivity index (χ0) is 26.8. The zero-order valence-corrected chi connectivity index (χ0v) is 24.4. The zero-order valence-electron chi connectivity index (χ0n) is 22.9. The third-order valence-electron chi connectivity index (χ3n) is 9.40. The summed E-state index contributed by atoms with van der Waals surface area (Å²) in [5.74, 6) is -0.101. The van der Waals surface area contributed by atoms with Gasteiger partial charge in [0.25, 0.3) is 0 Å². The first-order valence-corrected chi connectivity index (χ1v) is 14.1. The van der Waals surface area contributed by atoms with E-state index in [1.54, 1.807) is 6.92 Å². The summed E-state index contributed by atoms with van der Waals surface area (Å²) in [6, 6.07) is 6.25. The van der Waals surface area contributed by atoms with Gasteiger partial charge < -0.3 is 9.84 Å². The average molecular weight is 563 g/mol. The SMILES string of the molecule is C=C[C@]1(C)C[C@@H](OC(=O)CN(CC)Cc2ccc(C)c(Br)c2)[C@]2(C)C(C)CCC(C[C@@H]1O)C2C(C)=O. The van der Waals surface area contributed by atoms with Crippen molar-refractivity contribution >= 4 is 27.7 Å². The lowest BCUT2D eigenvalue weighted by Crippen LogP contribution is -2.58. The van der Waals surface area contributed by atoms with Gasteiger partial charge in [-0.05, 0) is 75.1 Å². The van der Waals surface area contributed by atoms with Crippen LogP contribution < -0.4 is 0 Å². The summed E-state index contributed by atoms with van der Waals surface area (Å²) in [5.41, 5.74) is 1.21. The molecule has 2 saturated carbocycles. The van der Waals surface area contributed by atoms with Crippen LogP contribution in [0.2, 0.25) is 0 Å². The molecule has 200 valence electrons. The number of benzene rings is 1. The molecular weight excluding hydrogens is 518 g/mol. The van der Waals surface area contributed by atoms with Crippen LogP contribution in [-0.4, -0.2) is 47.1 Å². The highest BCUT2D eigenvalue weighted by molar-refractivity contribution is 9.10. The van der Waals surface area contributed by atoms with Crippen LogP contribution in [0.15, 0.2) is 35.3 Å². The fourth-order valence-corrected chi connectivity index (χ4v) is 7.07. The van der Waals surface area contributed by atoms with E-state index < -0.39 is 23.0 Å². The number of likely N-dealkylation sites (N-methyl/N-ethyl adjacent to an activating group) is 1. The molecule has 0 aliphatic heterocycles. The third kappa shape index (κ3) is 5.81. The fraction of sp³-hybridized carbons (Fsp3) is 0.667. The van der Waals surface area contributed by atoms with Gasteiger partial charge in [-0.2, -0.15) is 0 Å². The highest BCUT2D eigenvalue weighted by Crippen LogP contribution is 2.57. The van der Waals surface area contributed by atoms with Crippen molar-refractivity contribution in [3.63, 3.8) is 0 Å². The summed E-state index contributed by atoms with van der Waals surface area (Å²) in [5, 5.41) is 11.2. The van der Waals surface area contributed by atoms with Crippen LogP contribution in [0.25, 0.3) is 0 Å². The van der Waals surface area contributed by atoms with E-state index in [0.29, 0.717) is 25.9 Å². The molecule has 0 aromatic heterocycles. The molecule has 0 spiro atoms. The molecule has 2 aliphatic carbocycles. The number of carbonyl (C=O) groups is 2. The number of halogens is 1. The number of hydrogen-bond donors (Lipinski definition) is 1. The molecule has 2 bridgehead atoms. The van der Waals surface area contributed by atoms with Crippen LogP contribution in [0.3, 0.4) is 0 Å². The molecular formula is C30H44BrNO4. The lowest BCUT2D eigenvalue weighted by molar-refractivity contribution is -0.186. The van der Waals surface area contributed by atoms with Crippen molar-refractivity contribution in [3.05, 3.63) is 46.5 Å². The number of carbonyl (C=O) groups excluding carboxylic acids is 2. The van der Waals surface area contributed by atoms with Gasteiger partial charge in [0.15, 0.2) is 0 Å². The van der Waals surface area contributed by atoms with Gasteiger partial charge in [-0.1, -0.05) is 61.8 Å². The van der Waals surface area contributed by atoms with E-state index in [-0.39, 0.29) is 36.1 Å². The number of aliphatic hydroxyl groups excluding tert-OH is 1. The highest BCUT2D eigenvalue weighted by atomic mass is 79.9. The van der Waals surface area contributed by atoms with Crippen molar-refractivity contribution < 1.29 is 19.4 Å². The smallest absolute Gasteiger partial charge is 0.320 e. The van der Waals surface area contributed by atoms with Gasteiger partial charge in [0.05, 0.1) is 12.6 Å². The van der Waals surface area contributed by atoms with E-state index >= 15 is 0 Å². The quantitative estimate of drug-likeness (QED) is 0.307. The molecule has 2 fully saturated rings. The molecule has 5 nitrogen and oxygen atoms in total. The number of ether oxygens (including phenoxy) is 1. The van der Waals surface area contributed by atoms with E-state index in [1.807, 2.05) is 19.9 Å². The summed E-state index contributed by atoms with van der Waals surface area (Å²) in [4.78, 5) is 28.5. The second kappa shape index (κ2) is 11.5. The van der Waals surface area contributed by atoms with Crippen molar-refractivity contribution in [2.45, 2.75) is 86.0 Å². The number of rotatable bonds is 8. The molecule has 1 N–H and O–H groups in total. The van der Waals surface area contributed by atoms with E-state index in [9.17, 15) is 14.7 Å². The van der Waals surface area contributed by atoms with Crippen LogP contribution >= 0.6 is 15.9 Å². The van der Waals surface area contributed by atoms with Gasteiger partial charge in [-0.3, -0.25) is 14.5 Å². The Morgan fingerprint density at radius 3 is 2.58 bits per heavy atom. The first-order chi connectivity index (χ1) is 16.8. The Morgan fingerprint density at radius 2 is 2.00 bits per heavy atom. The minimum atomic E-state index is -0.631. The van der Waals surface area contributed by atoms with Crippen molar-refractivity contribution in [2.24, 2.45) is 28.6 Å².